The zero-order valence-corrected chi connectivity index (χ0v) is 9.68. The Bertz CT molecular complexity index is 208. The molecule has 0 N–H and O–H groups in total. The molecule has 1 aliphatic heterocycles. The van der Waals surface area contributed by atoms with Gasteiger partial charge in [-0.3, -0.25) is 4.79 Å². The van der Waals surface area contributed by atoms with Crippen LogP contribution in [0.5, 0.6) is 0 Å². The summed E-state index contributed by atoms with van der Waals surface area (Å²) in [5.41, 5.74) is 0. The van der Waals surface area contributed by atoms with Gasteiger partial charge in [-0.15, -0.1) is 0 Å². The van der Waals surface area contributed by atoms with Gasteiger partial charge in [0.25, 0.3) is 0 Å². The van der Waals surface area contributed by atoms with Gasteiger partial charge < -0.3 is 0 Å². The second-order valence-corrected chi connectivity index (χ2v) is 6.61. The summed E-state index contributed by atoms with van der Waals surface area (Å²) >= 11 is 0. The molecule has 0 spiro atoms. The SMILES string of the molecule is CC[C@@H]1C(=O)C=CC[SH]1CC(C)C. The zero-order chi connectivity index (χ0) is 9.84. The molecule has 0 aliphatic carbocycles. The molecule has 0 fully saturated rings. The fraction of sp³-hybridized carbons (Fsp3) is 0.727. The van der Waals surface area contributed by atoms with Gasteiger partial charge in [0, 0.05) is 5.25 Å². The number of rotatable bonds is 3. The van der Waals surface area contributed by atoms with Crippen LogP contribution in [0.15, 0.2) is 12.2 Å². The predicted molar refractivity (Wildman–Crippen MR) is 61.8 cm³/mol. The number of thiol groups is 1. The highest BCUT2D eigenvalue weighted by Crippen LogP contribution is 2.38. The zero-order valence-electron chi connectivity index (χ0n) is 8.79. The first-order chi connectivity index (χ1) is 6.15. The van der Waals surface area contributed by atoms with Crippen molar-refractivity contribution in [3.05, 3.63) is 12.2 Å². The second-order valence-electron chi connectivity index (χ2n) is 4.08. The van der Waals surface area contributed by atoms with E-state index in [2.05, 4.69) is 26.8 Å². The van der Waals surface area contributed by atoms with E-state index in [0.717, 1.165) is 18.1 Å². The Balaban J connectivity index is 2.62. The smallest absolute Gasteiger partial charge is 0.166 e. The lowest BCUT2D eigenvalue weighted by atomic mass is 10.2. The molecular formula is C11H20OS. The molecule has 0 aromatic heterocycles. The van der Waals surface area contributed by atoms with Crippen LogP contribution in [0.3, 0.4) is 0 Å². The largest absolute Gasteiger partial charge is 0.294 e. The van der Waals surface area contributed by atoms with Gasteiger partial charge >= 0.3 is 0 Å². The van der Waals surface area contributed by atoms with Crippen LogP contribution < -0.4 is 0 Å². The minimum Gasteiger partial charge on any atom is -0.294 e. The first-order valence-electron chi connectivity index (χ1n) is 5.09. The summed E-state index contributed by atoms with van der Waals surface area (Å²) < 4.78 is 0. The molecule has 0 amide bonds. The van der Waals surface area contributed by atoms with E-state index in [4.69, 9.17) is 0 Å². The Morgan fingerprint density at radius 2 is 2.31 bits per heavy atom. The Kier molecular flexibility index (Phi) is 4.04. The second kappa shape index (κ2) is 4.85. The van der Waals surface area contributed by atoms with Crippen molar-refractivity contribution in [1.29, 1.82) is 0 Å². The Morgan fingerprint density at radius 1 is 1.62 bits per heavy atom. The van der Waals surface area contributed by atoms with Gasteiger partial charge in [-0.05, 0) is 29.9 Å². The average Bonchev–Trinajstić information content (AvgIpc) is 2.03. The molecule has 76 valence electrons. The maximum atomic E-state index is 11.5. The van der Waals surface area contributed by atoms with Gasteiger partial charge in [0.2, 0.25) is 0 Å². The quantitative estimate of drug-likeness (QED) is 0.693. The minimum absolute atomic E-state index is 0.0504. The summed E-state index contributed by atoms with van der Waals surface area (Å²) in [4.78, 5) is 11.5. The highest BCUT2D eigenvalue weighted by Gasteiger charge is 2.24. The molecule has 0 aromatic carbocycles. The van der Waals surface area contributed by atoms with Crippen molar-refractivity contribution < 1.29 is 4.79 Å². The van der Waals surface area contributed by atoms with Gasteiger partial charge in [0.15, 0.2) is 5.78 Å². The number of allylic oxidation sites excluding steroid dienone is 1. The maximum absolute atomic E-state index is 11.5. The van der Waals surface area contributed by atoms with Crippen LogP contribution in [-0.2, 0) is 4.79 Å². The molecule has 1 unspecified atom stereocenters. The highest BCUT2D eigenvalue weighted by atomic mass is 32.2. The van der Waals surface area contributed by atoms with E-state index in [9.17, 15) is 4.79 Å². The van der Waals surface area contributed by atoms with E-state index in [1.807, 2.05) is 0 Å². The molecule has 0 aromatic rings. The van der Waals surface area contributed by atoms with E-state index < -0.39 is 0 Å². The molecule has 0 bridgehead atoms. The monoisotopic (exact) mass is 200 g/mol. The number of hydrogen-bond donors (Lipinski definition) is 1. The first kappa shape index (κ1) is 10.8. The first-order valence-corrected chi connectivity index (χ1v) is 6.87. The molecule has 0 saturated heterocycles. The molecule has 1 aliphatic rings. The van der Waals surface area contributed by atoms with Crippen molar-refractivity contribution in [1.82, 2.24) is 0 Å². The number of hydrogen-bond acceptors (Lipinski definition) is 1. The maximum Gasteiger partial charge on any atom is 0.166 e. The molecule has 1 nitrogen and oxygen atoms in total. The van der Waals surface area contributed by atoms with Crippen molar-refractivity contribution in [3.63, 3.8) is 0 Å². The van der Waals surface area contributed by atoms with Crippen LogP contribution in [0.2, 0.25) is 0 Å². The number of ketones is 1. The third-order valence-electron chi connectivity index (χ3n) is 2.38. The molecule has 13 heavy (non-hydrogen) atoms. The molecule has 0 saturated carbocycles. The van der Waals surface area contributed by atoms with Crippen molar-refractivity contribution in [2.24, 2.45) is 5.92 Å². The van der Waals surface area contributed by atoms with Crippen LogP contribution in [0.1, 0.15) is 27.2 Å². The Morgan fingerprint density at radius 3 is 2.85 bits per heavy atom. The lowest BCUT2D eigenvalue weighted by Crippen LogP contribution is -2.25. The fourth-order valence-corrected chi connectivity index (χ4v) is 4.79. The van der Waals surface area contributed by atoms with E-state index in [0.29, 0.717) is 11.0 Å². The molecule has 0 radical (unpaired) electrons. The summed E-state index contributed by atoms with van der Waals surface area (Å²) in [5.74, 6) is 3.53. The summed E-state index contributed by atoms with van der Waals surface area (Å²) in [7, 11) is -0.0504. The lowest BCUT2D eigenvalue weighted by Gasteiger charge is -2.31. The van der Waals surface area contributed by atoms with Crippen LogP contribution in [0, 0.1) is 5.92 Å². The van der Waals surface area contributed by atoms with Gasteiger partial charge in [-0.2, -0.15) is 0 Å². The van der Waals surface area contributed by atoms with Crippen LogP contribution in [0.25, 0.3) is 0 Å². The Labute approximate surface area is 83.9 Å². The molecule has 1 heterocycles. The van der Waals surface area contributed by atoms with E-state index in [-0.39, 0.29) is 10.9 Å². The van der Waals surface area contributed by atoms with Crippen LogP contribution in [0.4, 0.5) is 0 Å². The van der Waals surface area contributed by atoms with Crippen molar-refractivity contribution in [2.45, 2.75) is 32.4 Å². The normalized spacial score (nSPS) is 31.2. The average molecular weight is 200 g/mol. The lowest BCUT2D eigenvalue weighted by molar-refractivity contribution is -0.114. The van der Waals surface area contributed by atoms with Crippen molar-refractivity contribution in [2.75, 3.05) is 11.5 Å². The summed E-state index contributed by atoms with van der Waals surface area (Å²) in [6.45, 7) is 6.63. The molecule has 2 atom stereocenters. The predicted octanol–water partition coefficient (Wildman–Crippen LogP) is 2.56. The van der Waals surface area contributed by atoms with Crippen LogP contribution >= 0.6 is 10.9 Å². The van der Waals surface area contributed by atoms with Gasteiger partial charge in [0.05, 0.1) is 0 Å². The summed E-state index contributed by atoms with van der Waals surface area (Å²) in [6.07, 6.45) is 4.89. The molecule has 2 heteroatoms. The standard InChI is InChI=1S/C11H20OS/c1-4-11-10(12)6-5-7-13(11)8-9(2)3/h5-6,9,11,13H,4,7-8H2,1-3H3/t11-/m1/s1. The highest BCUT2D eigenvalue weighted by molar-refractivity contribution is 8.18. The number of carbonyl (C=O) groups is 1. The van der Waals surface area contributed by atoms with E-state index in [1.165, 1.54) is 5.75 Å². The topological polar surface area (TPSA) is 17.1 Å². The number of carbonyl (C=O) groups excluding carboxylic acids is 1. The van der Waals surface area contributed by atoms with Crippen molar-refractivity contribution in [3.8, 4) is 0 Å². The third kappa shape index (κ3) is 2.87. The molecule has 1 rings (SSSR count). The van der Waals surface area contributed by atoms with E-state index in [1.54, 1.807) is 6.08 Å². The Hall–Kier alpha value is -0.240. The third-order valence-corrected chi connectivity index (χ3v) is 5.76. The minimum atomic E-state index is -0.0504. The van der Waals surface area contributed by atoms with Gasteiger partial charge in [-0.1, -0.05) is 26.8 Å². The van der Waals surface area contributed by atoms with Gasteiger partial charge in [-0.25, -0.2) is 10.9 Å². The van der Waals surface area contributed by atoms with E-state index >= 15 is 0 Å². The summed E-state index contributed by atoms with van der Waals surface area (Å²) in [6, 6.07) is 0. The van der Waals surface area contributed by atoms with Crippen molar-refractivity contribution >= 4 is 16.7 Å². The molecular weight excluding hydrogens is 180 g/mol. The van der Waals surface area contributed by atoms with Crippen LogP contribution in [-0.4, -0.2) is 22.5 Å². The van der Waals surface area contributed by atoms with Gasteiger partial charge in [0.1, 0.15) is 0 Å². The summed E-state index contributed by atoms with van der Waals surface area (Å²) in [5, 5.41) is 0.363. The fourth-order valence-electron chi connectivity index (χ4n) is 1.85.